The normalized spacial score (nSPS) is 17.6. The Hall–Kier alpha value is -2.61. The monoisotopic (exact) mass is 374 g/mol. The van der Waals surface area contributed by atoms with Crippen molar-refractivity contribution in [2.24, 2.45) is 0 Å². The summed E-state index contributed by atoms with van der Waals surface area (Å²) in [6.45, 7) is 0.661. The van der Waals surface area contributed by atoms with Gasteiger partial charge in [-0.15, -0.1) is 0 Å². The molecule has 1 aliphatic heterocycles. The summed E-state index contributed by atoms with van der Waals surface area (Å²) >= 11 is 0. The van der Waals surface area contributed by atoms with Gasteiger partial charge in [0, 0.05) is 18.4 Å². The Kier molecular flexibility index (Phi) is 5.41. The highest BCUT2D eigenvalue weighted by atomic mass is 32.2. The molecule has 0 spiro atoms. The maximum atomic E-state index is 12.8. The zero-order valence-electron chi connectivity index (χ0n) is 14.6. The molecular weight excluding hydrogens is 352 g/mol. The predicted molar refractivity (Wildman–Crippen MR) is 101 cm³/mol. The van der Waals surface area contributed by atoms with Gasteiger partial charge in [-0.25, -0.2) is 13.2 Å². The molecule has 1 aromatic carbocycles. The van der Waals surface area contributed by atoms with Gasteiger partial charge in [-0.3, -0.25) is 9.71 Å². The maximum Gasteiger partial charge on any atom is 0.322 e. The molecule has 1 aromatic heterocycles. The summed E-state index contributed by atoms with van der Waals surface area (Å²) in [5.41, 5.74) is 1.83. The van der Waals surface area contributed by atoms with Crippen LogP contribution in [0.5, 0.6) is 0 Å². The minimum Gasteiger partial charge on any atom is -0.316 e. The second-order valence-electron chi connectivity index (χ2n) is 6.34. The third-order valence-corrected chi connectivity index (χ3v) is 4.82. The van der Waals surface area contributed by atoms with Crippen LogP contribution < -0.4 is 10.0 Å². The minimum absolute atomic E-state index is 0.0534. The third kappa shape index (κ3) is 4.72. The standard InChI is InChI=1S/C18H22N4O3S/c1-26(24,25)21-15-8-6-7-14(13-15)20-18(23)22-12-5-3-10-17(22)16-9-2-4-11-19-16/h2,4,6-9,11,13,17,21H,3,5,10,12H2,1H3,(H,20,23)/t17-/m1/s1. The number of carbonyl (C=O) groups excluding carboxylic acids is 1. The first-order valence-electron chi connectivity index (χ1n) is 8.49. The number of hydrogen-bond acceptors (Lipinski definition) is 4. The first-order chi connectivity index (χ1) is 12.4. The van der Waals surface area contributed by atoms with Crippen molar-refractivity contribution in [2.75, 3.05) is 22.8 Å². The van der Waals surface area contributed by atoms with Crippen molar-refractivity contribution in [2.45, 2.75) is 25.3 Å². The molecule has 2 heterocycles. The van der Waals surface area contributed by atoms with Crippen LogP contribution in [0.2, 0.25) is 0 Å². The minimum atomic E-state index is -3.37. The summed E-state index contributed by atoms with van der Waals surface area (Å²) < 4.78 is 25.1. The number of rotatable bonds is 4. The highest BCUT2D eigenvalue weighted by Crippen LogP contribution is 2.30. The van der Waals surface area contributed by atoms with Crippen LogP contribution in [0.25, 0.3) is 0 Å². The van der Waals surface area contributed by atoms with E-state index in [1.807, 2.05) is 18.2 Å². The van der Waals surface area contributed by atoms with Crippen LogP contribution in [0.3, 0.4) is 0 Å². The zero-order valence-corrected chi connectivity index (χ0v) is 15.4. The summed E-state index contributed by atoms with van der Waals surface area (Å²) in [5, 5.41) is 2.86. The van der Waals surface area contributed by atoms with Crippen LogP contribution in [-0.2, 0) is 10.0 Å². The molecule has 0 aliphatic carbocycles. The number of piperidine rings is 1. The van der Waals surface area contributed by atoms with Crippen molar-refractivity contribution >= 4 is 27.4 Å². The second-order valence-corrected chi connectivity index (χ2v) is 8.09. The summed E-state index contributed by atoms with van der Waals surface area (Å²) in [6.07, 6.45) is 5.70. The first-order valence-corrected chi connectivity index (χ1v) is 10.4. The van der Waals surface area contributed by atoms with E-state index in [-0.39, 0.29) is 12.1 Å². The van der Waals surface area contributed by atoms with E-state index in [2.05, 4.69) is 15.0 Å². The van der Waals surface area contributed by atoms with Crippen LogP contribution in [0, 0.1) is 0 Å². The number of carbonyl (C=O) groups is 1. The predicted octanol–water partition coefficient (Wildman–Crippen LogP) is 3.21. The average molecular weight is 374 g/mol. The fourth-order valence-corrected chi connectivity index (χ4v) is 3.68. The lowest BCUT2D eigenvalue weighted by Crippen LogP contribution is -2.41. The summed E-state index contributed by atoms with van der Waals surface area (Å²) in [4.78, 5) is 19.0. The van der Waals surface area contributed by atoms with Crippen LogP contribution >= 0.6 is 0 Å². The van der Waals surface area contributed by atoms with Crippen molar-refractivity contribution in [3.8, 4) is 0 Å². The van der Waals surface area contributed by atoms with E-state index in [4.69, 9.17) is 0 Å². The van der Waals surface area contributed by atoms with Gasteiger partial charge in [-0.1, -0.05) is 12.1 Å². The van der Waals surface area contributed by atoms with Crippen molar-refractivity contribution in [1.82, 2.24) is 9.88 Å². The molecule has 3 rings (SSSR count). The molecule has 0 saturated carbocycles. The van der Waals surface area contributed by atoms with Crippen molar-refractivity contribution in [3.63, 3.8) is 0 Å². The molecule has 26 heavy (non-hydrogen) atoms. The quantitative estimate of drug-likeness (QED) is 0.860. The molecule has 0 radical (unpaired) electrons. The Morgan fingerprint density at radius 1 is 1.15 bits per heavy atom. The molecule has 1 fully saturated rings. The lowest BCUT2D eigenvalue weighted by atomic mass is 9.99. The molecule has 1 atom stereocenters. The molecule has 1 saturated heterocycles. The number of urea groups is 1. The van der Waals surface area contributed by atoms with E-state index in [1.54, 1.807) is 35.4 Å². The SMILES string of the molecule is CS(=O)(=O)Nc1cccc(NC(=O)N2CCCC[C@@H]2c2ccccn2)c1. The van der Waals surface area contributed by atoms with Crippen molar-refractivity contribution < 1.29 is 13.2 Å². The number of nitrogens with zero attached hydrogens (tertiary/aromatic N) is 2. The molecule has 138 valence electrons. The molecule has 0 unspecified atom stereocenters. The fourth-order valence-electron chi connectivity index (χ4n) is 3.13. The molecule has 1 aliphatic rings. The third-order valence-electron chi connectivity index (χ3n) is 4.21. The van der Waals surface area contributed by atoms with Gasteiger partial charge < -0.3 is 10.2 Å². The summed E-state index contributed by atoms with van der Waals surface area (Å²) in [6, 6.07) is 12.1. The molecular formula is C18H22N4O3S. The number of pyridine rings is 1. The molecule has 8 heteroatoms. The van der Waals surface area contributed by atoms with Gasteiger partial charge >= 0.3 is 6.03 Å². The van der Waals surface area contributed by atoms with Gasteiger partial charge in [0.2, 0.25) is 10.0 Å². The molecule has 2 aromatic rings. The van der Waals surface area contributed by atoms with E-state index >= 15 is 0 Å². The number of benzene rings is 1. The Bertz CT molecular complexity index is 871. The number of amides is 2. The van der Waals surface area contributed by atoms with Crippen LogP contribution in [0.4, 0.5) is 16.2 Å². The molecule has 0 bridgehead atoms. The molecule has 2 N–H and O–H groups in total. The molecule has 2 amide bonds. The number of hydrogen-bond donors (Lipinski definition) is 2. The second kappa shape index (κ2) is 7.74. The molecule has 7 nitrogen and oxygen atoms in total. The van der Waals surface area contributed by atoms with E-state index < -0.39 is 10.0 Å². The van der Waals surface area contributed by atoms with Gasteiger partial charge in [0.25, 0.3) is 0 Å². The highest BCUT2D eigenvalue weighted by Gasteiger charge is 2.28. The Labute approximate surface area is 153 Å². The Morgan fingerprint density at radius 3 is 2.69 bits per heavy atom. The summed E-state index contributed by atoms with van der Waals surface area (Å²) in [5.74, 6) is 0. The average Bonchev–Trinajstić information content (AvgIpc) is 2.61. The number of aromatic nitrogens is 1. The fraction of sp³-hybridized carbons (Fsp3) is 0.333. The smallest absolute Gasteiger partial charge is 0.316 e. The van der Waals surface area contributed by atoms with Crippen molar-refractivity contribution in [3.05, 3.63) is 54.4 Å². The van der Waals surface area contributed by atoms with Crippen LogP contribution in [0.1, 0.15) is 31.0 Å². The van der Waals surface area contributed by atoms with E-state index in [0.717, 1.165) is 31.2 Å². The van der Waals surface area contributed by atoms with E-state index in [9.17, 15) is 13.2 Å². The van der Waals surface area contributed by atoms with E-state index in [0.29, 0.717) is 17.9 Å². The van der Waals surface area contributed by atoms with Crippen LogP contribution in [0.15, 0.2) is 48.7 Å². The maximum absolute atomic E-state index is 12.8. The number of sulfonamides is 1. The van der Waals surface area contributed by atoms with Gasteiger partial charge in [-0.2, -0.15) is 0 Å². The topological polar surface area (TPSA) is 91.4 Å². The highest BCUT2D eigenvalue weighted by molar-refractivity contribution is 7.92. The van der Waals surface area contributed by atoms with Crippen molar-refractivity contribution in [1.29, 1.82) is 0 Å². The Morgan fingerprint density at radius 2 is 1.96 bits per heavy atom. The number of likely N-dealkylation sites (tertiary alicyclic amines) is 1. The van der Waals surface area contributed by atoms with Gasteiger partial charge in [0.05, 0.1) is 23.7 Å². The largest absolute Gasteiger partial charge is 0.322 e. The lowest BCUT2D eigenvalue weighted by Gasteiger charge is -2.35. The van der Waals surface area contributed by atoms with Crippen LogP contribution in [-0.4, -0.2) is 37.1 Å². The Balaban J connectivity index is 1.75. The first kappa shape index (κ1) is 18.2. The number of anilines is 2. The van der Waals surface area contributed by atoms with E-state index in [1.165, 1.54) is 0 Å². The zero-order chi connectivity index (χ0) is 18.6. The van der Waals surface area contributed by atoms with Gasteiger partial charge in [0.15, 0.2) is 0 Å². The summed E-state index contributed by atoms with van der Waals surface area (Å²) in [7, 11) is -3.37. The van der Waals surface area contributed by atoms with Gasteiger partial charge in [0.1, 0.15) is 0 Å². The van der Waals surface area contributed by atoms with Gasteiger partial charge in [-0.05, 0) is 49.6 Å². The number of nitrogens with one attached hydrogen (secondary N) is 2. The lowest BCUT2D eigenvalue weighted by molar-refractivity contribution is 0.161.